The summed E-state index contributed by atoms with van der Waals surface area (Å²) in [7, 11) is 0. The number of ether oxygens (including phenoxy) is 1. The molecule has 1 atom stereocenters. The normalized spacial score (nSPS) is 13.9. The van der Waals surface area contributed by atoms with E-state index in [1.54, 1.807) is 0 Å². The van der Waals surface area contributed by atoms with Crippen molar-refractivity contribution in [1.82, 2.24) is 0 Å². The molecule has 0 aromatic heterocycles. The molecule has 0 spiro atoms. The van der Waals surface area contributed by atoms with E-state index >= 15 is 0 Å². The average Bonchev–Trinajstić information content (AvgIpc) is 2.43. The number of halogens is 1. The van der Waals surface area contributed by atoms with Gasteiger partial charge in [0.15, 0.2) is 0 Å². The summed E-state index contributed by atoms with van der Waals surface area (Å²) in [5, 5.41) is 0. The third-order valence-electron chi connectivity index (χ3n) is 3.31. The summed E-state index contributed by atoms with van der Waals surface area (Å²) in [6.07, 6.45) is 1.79. The fourth-order valence-electron chi connectivity index (χ4n) is 1.99. The van der Waals surface area contributed by atoms with Gasteiger partial charge in [0.2, 0.25) is 0 Å². The fraction of sp³-hybridized carbons (Fsp3) is 0.533. The molecule has 1 aromatic rings. The molecule has 0 unspecified atom stereocenters. The van der Waals surface area contributed by atoms with Crippen LogP contribution in [-0.2, 0) is 16.1 Å². The average molecular weight is 252 g/mol. The van der Waals surface area contributed by atoms with Crippen LogP contribution >= 0.6 is 0 Å². The first kappa shape index (κ1) is 14.7. The minimum Gasteiger partial charge on any atom is -0.460 e. The molecule has 0 amide bonds. The van der Waals surface area contributed by atoms with Crippen molar-refractivity contribution in [3.05, 3.63) is 35.9 Å². The van der Waals surface area contributed by atoms with Gasteiger partial charge < -0.3 is 4.74 Å². The summed E-state index contributed by atoms with van der Waals surface area (Å²) >= 11 is 0. The molecule has 0 saturated carbocycles. The van der Waals surface area contributed by atoms with E-state index in [1.807, 2.05) is 44.2 Å². The predicted molar refractivity (Wildman–Crippen MR) is 69.8 cm³/mol. The maximum Gasteiger partial charge on any atom is 0.315 e. The van der Waals surface area contributed by atoms with Gasteiger partial charge in [-0.15, -0.1) is 0 Å². The zero-order valence-corrected chi connectivity index (χ0v) is 11.1. The number of alkyl halides is 1. The monoisotopic (exact) mass is 252 g/mol. The zero-order valence-electron chi connectivity index (χ0n) is 11.1. The van der Waals surface area contributed by atoms with Crippen molar-refractivity contribution in [2.24, 2.45) is 5.41 Å². The maximum absolute atomic E-state index is 13.2. The van der Waals surface area contributed by atoms with Gasteiger partial charge in [-0.2, -0.15) is 0 Å². The van der Waals surface area contributed by atoms with Gasteiger partial charge in [-0.25, -0.2) is 4.39 Å². The van der Waals surface area contributed by atoms with Crippen LogP contribution in [0.5, 0.6) is 0 Å². The lowest BCUT2D eigenvalue weighted by atomic mass is 9.82. The number of carbonyl (C=O) groups excluding carboxylic acids is 1. The molecule has 0 aliphatic rings. The third-order valence-corrected chi connectivity index (χ3v) is 3.31. The molecule has 0 heterocycles. The van der Waals surface area contributed by atoms with Gasteiger partial charge in [-0.3, -0.25) is 4.79 Å². The van der Waals surface area contributed by atoms with Crippen LogP contribution in [0.4, 0.5) is 4.39 Å². The number of carbonyl (C=O) groups is 1. The second kappa shape index (κ2) is 7.14. The predicted octanol–water partition coefficient (Wildman–Crippen LogP) is 3.90. The molecule has 3 heteroatoms. The first-order chi connectivity index (χ1) is 8.68. The Morgan fingerprint density at radius 3 is 2.44 bits per heavy atom. The molecule has 0 saturated heterocycles. The van der Waals surface area contributed by atoms with Crippen LogP contribution in [0.25, 0.3) is 0 Å². The largest absolute Gasteiger partial charge is 0.460 e. The number of benzene rings is 1. The second-order valence-electron chi connectivity index (χ2n) is 4.58. The Morgan fingerprint density at radius 1 is 1.28 bits per heavy atom. The van der Waals surface area contributed by atoms with E-state index in [2.05, 4.69) is 0 Å². The minimum atomic E-state index is -0.955. The van der Waals surface area contributed by atoms with E-state index in [-0.39, 0.29) is 6.61 Å². The topological polar surface area (TPSA) is 26.3 Å². The van der Waals surface area contributed by atoms with E-state index in [0.29, 0.717) is 12.8 Å². The van der Waals surface area contributed by atoms with E-state index in [0.717, 1.165) is 12.0 Å². The van der Waals surface area contributed by atoms with E-state index < -0.39 is 18.1 Å². The Hall–Kier alpha value is -1.38. The smallest absolute Gasteiger partial charge is 0.315 e. The number of hydrogen-bond acceptors (Lipinski definition) is 2. The minimum absolute atomic E-state index is 0.213. The molecule has 1 aromatic carbocycles. The van der Waals surface area contributed by atoms with Crippen molar-refractivity contribution in [2.45, 2.75) is 39.7 Å². The molecular formula is C15H21FO2. The van der Waals surface area contributed by atoms with Gasteiger partial charge in [-0.05, 0) is 18.4 Å². The molecule has 0 aliphatic carbocycles. The van der Waals surface area contributed by atoms with Crippen LogP contribution < -0.4 is 0 Å². The van der Waals surface area contributed by atoms with Crippen LogP contribution in [0.15, 0.2) is 30.3 Å². The van der Waals surface area contributed by atoms with Crippen molar-refractivity contribution in [1.29, 1.82) is 0 Å². The van der Waals surface area contributed by atoms with Crippen molar-refractivity contribution in [3.63, 3.8) is 0 Å². The van der Waals surface area contributed by atoms with Crippen LogP contribution in [0.2, 0.25) is 0 Å². The van der Waals surface area contributed by atoms with Crippen LogP contribution in [0.3, 0.4) is 0 Å². The van der Waals surface area contributed by atoms with Crippen molar-refractivity contribution in [2.75, 3.05) is 6.67 Å². The number of hydrogen-bond donors (Lipinski definition) is 0. The summed E-state index contributed by atoms with van der Waals surface area (Å²) in [4.78, 5) is 12.0. The molecule has 100 valence electrons. The number of esters is 1. The molecular weight excluding hydrogens is 231 g/mol. The summed E-state index contributed by atoms with van der Waals surface area (Å²) in [5.74, 6) is -0.418. The molecule has 0 bridgehead atoms. The Balaban J connectivity index is 2.62. The summed E-state index contributed by atoms with van der Waals surface area (Å²) in [6.45, 7) is 3.35. The van der Waals surface area contributed by atoms with Gasteiger partial charge in [0.25, 0.3) is 0 Å². The Bertz CT molecular complexity index is 358. The highest BCUT2D eigenvalue weighted by Crippen LogP contribution is 2.30. The Labute approximate surface area is 108 Å². The van der Waals surface area contributed by atoms with Gasteiger partial charge in [-0.1, -0.05) is 50.6 Å². The summed E-state index contributed by atoms with van der Waals surface area (Å²) in [5.41, 5.74) is -0.0324. The Morgan fingerprint density at radius 2 is 1.94 bits per heavy atom. The Kier molecular flexibility index (Phi) is 5.83. The second-order valence-corrected chi connectivity index (χ2v) is 4.58. The fourth-order valence-corrected chi connectivity index (χ4v) is 1.99. The van der Waals surface area contributed by atoms with E-state index in [1.165, 1.54) is 0 Å². The first-order valence-electron chi connectivity index (χ1n) is 6.45. The highest BCUT2D eigenvalue weighted by atomic mass is 19.1. The molecule has 0 aliphatic heterocycles. The van der Waals surface area contributed by atoms with Gasteiger partial charge in [0.1, 0.15) is 13.3 Å². The van der Waals surface area contributed by atoms with Crippen molar-refractivity contribution < 1.29 is 13.9 Å². The molecule has 18 heavy (non-hydrogen) atoms. The number of rotatable bonds is 7. The van der Waals surface area contributed by atoms with E-state index in [4.69, 9.17) is 4.74 Å². The van der Waals surface area contributed by atoms with Crippen molar-refractivity contribution >= 4 is 5.97 Å². The lowest BCUT2D eigenvalue weighted by molar-refractivity contribution is -0.159. The zero-order chi connectivity index (χ0) is 13.4. The molecule has 2 nitrogen and oxygen atoms in total. The third kappa shape index (κ3) is 3.56. The van der Waals surface area contributed by atoms with Crippen LogP contribution in [0, 0.1) is 5.41 Å². The van der Waals surface area contributed by atoms with Crippen LogP contribution in [-0.4, -0.2) is 12.6 Å². The standard InChI is InChI=1S/C15H21FO2/c1-3-10-15(4-2,12-16)14(17)18-11-13-8-6-5-7-9-13/h5-9H,3-4,10-12H2,1-2H3/t15-/m0/s1. The first-order valence-corrected chi connectivity index (χ1v) is 6.45. The maximum atomic E-state index is 13.2. The van der Waals surface area contributed by atoms with E-state index in [9.17, 15) is 9.18 Å². The quantitative estimate of drug-likeness (QED) is 0.688. The molecule has 0 fully saturated rings. The van der Waals surface area contributed by atoms with Crippen LogP contribution in [0.1, 0.15) is 38.7 Å². The van der Waals surface area contributed by atoms with Gasteiger partial charge >= 0.3 is 5.97 Å². The SMILES string of the molecule is CCC[C@@](CC)(CF)C(=O)OCc1ccccc1. The summed E-state index contributed by atoms with van der Waals surface area (Å²) in [6, 6.07) is 9.45. The van der Waals surface area contributed by atoms with Gasteiger partial charge in [0.05, 0.1) is 5.41 Å². The molecule has 0 radical (unpaired) electrons. The highest BCUT2D eigenvalue weighted by Gasteiger charge is 2.37. The lowest BCUT2D eigenvalue weighted by Crippen LogP contribution is -2.34. The molecule has 0 N–H and O–H groups in total. The highest BCUT2D eigenvalue weighted by molar-refractivity contribution is 5.77. The lowest BCUT2D eigenvalue weighted by Gasteiger charge is -2.26. The summed E-state index contributed by atoms with van der Waals surface area (Å²) < 4.78 is 18.4. The van der Waals surface area contributed by atoms with Gasteiger partial charge in [0, 0.05) is 0 Å². The molecule has 1 rings (SSSR count). The van der Waals surface area contributed by atoms with Crippen molar-refractivity contribution in [3.8, 4) is 0 Å².